The lowest BCUT2D eigenvalue weighted by Crippen LogP contribution is -2.62. The summed E-state index contributed by atoms with van der Waals surface area (Å²) in [5.41, 5.74) is 16.3. The number of aromatic nitrogens is 3. The Kier molecular flexibility index (Phi) is 4.48. The number of benzene rings is 2. The maximum Gasteiger partial charge on any atom is 0.292 e. The standard InChI is InChI=1S/C24H25N7O2/c25-23-29-19-13-16(3-5-20(19)33-23)15-2-4-17-18(12-15)28-21(14-27-17)30-8-10-31(11-9-30)22(32)24(26)6-1-7-24/h2-5,12-14H,1,6-11,26H2,(H2,25,29). The molecule has 1 aliphatic heterocycles. The van der Waals surface area contributed by atoms with Gasteiger partial charge in [-0.05, 0) is 54.7 Å². The van der Waals surface area contributed by atoms with E-state index in [-0.39, 0.29) is 11.9 Å². The van der Waals surface area contributed by atoms with Crippen LogP contribution in [0.3, 0.4) is 0 Å². The Morgan fingerprint density at radius 1 is 0.939 bits per heavy atom. The molecule has 4 aromatic rings. The minimum Gasteiger partial charge on any atom is -0.424 e. The highest BCUT2D eigenvalue weighted by molar-refractivity contribution is 5.88. The van der Waals surface area contributed by atoms with Crippen molar-refractivity contribution in [3.8, 4) is 11.1 Å². The highest BCUT2D eigenvalue weighted by Gasteiger charge is 2.43. The molecule has 9 heteroatoms. The fourth-order valence-electron chi connectivity index (χ4n) is 4.68. The van der Waals surface area contributed by atoms with Crippen LogP contribution < -0.4 is 16.4 Å². The summed E-state index contributed by atoms with van der Waals surface area (Å²) in [5.74, 6) is 0.908. The van der Waals surface area contributed by atoms with Gasteiger partial charge in [0.15, 0.2) is 5.58 Å². The molecule has 6 rings (SSSR count). The van der Waals surface area contributed by atoms with Gasteiger partial charge in [0.05, 0.1) is 22.8 Å². The van der Waals surface area contributed by atoms with Gasteiger partial charge in [-0.25, -0.2) is 4.98 Å². The molecule has 9 nitrogen and oxygen atoms in total. The van der Waals surface area contributed by atoms with Crippen LogP contribution in [0, 0.1) is 0 Å². The molecule has 0 atom stereocenters. The molecular weight excluding hydrogens is 418 g/mol. The van der Waals surface area contributed by atoms with Crippen LogP contribution >= 0.6 is 0 Å². The Hall–Kier alpha value is -3.72. The minimum atomic E-state index is -0.637. The lowest BCUT2D eigenvalue weighted by molar-refractivity contribution is -0.140. The lowest BCUT2D eigenvalue weighted by Gasteiger charge is -2.43. The van der Waals surface area contributed by atoms with E-state index in [9.17, 15) is 4.79 Å². The van der Waals surface area contributed by atoms with E-state index >= 15 is 0 Å². The molecule has 0 unspecified atom stereocenters. The topological polar surface area (TPSA) is 127 Å². The maximum absolute atomic E-state index is 12.7. The molecule has 0 radical (unpaired) electrons. The predicted octanol–water partition coefficient (Wildman–Crippen LogP) is 2.55. The molecule has 33 heavy (non-hydrogen) atoms. The van der Waals surface area contributed by atoms with E-state index in [0.29, 0.717) is 31.8 Å². The average molecular weight is 444 g/mol. The van der Waals surface area contributed by atoms with E-state index in [1.807, 2.05) is 41.3 Å². The van der Waals surface area contributed by atoms with Crippen molar-refractivity contribution in [2.45, 2.75) is 24.8 Å². The fourth-order valence-corrected chi connectivity index (χ4v) is 4.68. The molecule has 2 fully saturated rings. The molecule has 0 bridgehead atoms. The van der Waals surface area contributed by atoms with E-state index in [1.165, 1.54) is 0 Å². The van der Waals surface area contributed by atoms with Gasteiger partial charge < -0.3 is 25.7 Å². The number of oxazole rings is 1. The summed E-state index contributed by atoms with van der Waals surface area (Å²) in [4.78, 5) is 30.5. The number of piperazine rings is 1. The van der Waals surface area contributed by atoms with Crippen LogP contribution in [0.5, 0.6) is 0 Å². The van der Waals surface area contributed by atoms with E-state index < -0.39 is 5.54 Å². The van der Waals surface area contributed by atoms with Crippen LogP contribution in [0.4, 0.5) is 11.8 Å². The van der Waals surface area contributed by atoms with Gasteiger partial charge in [0.2, 0.25) is 5.91 Å². The molecule has 0 spiro atoms. The van der Waals surface area contributed by atoms with Gasteiger partial charge in [0.25, 0.3) is 6.01 Å². The first kappa shape index (κ1) is 19.9. The second-order valence-electron chi connectivity index (χ2n) is 8.96. The lowest BCUT2D eigenvalue weighted by atomic mass is 9.76. The summed E-state index contributed by atoms with van der Waals surface area (Å²) in [7, 11) is 0. The van der Waals surface area contributed by atoms with Crippen molar-refractivity contribution in [2.24, 2.45) is 5.73 Å². The first-order valence-electron chi connectivity index (χ1n) is 11.2. The van der Waals surface area contributed by atoms with Gasteiger partial charge >= 0.3 is 0 Å². The van der Waals surface area contributed by atoms with Crippen molar-refractivity contribution in [1.29, 1.82) is 0 Å². The van der Waals surface area contributed by atoms with E-state index in [0.717, 1.165) is 52.8 Å². The van der Waals surface area contributed by atoms with E-state index in [4.69, 9.17) is 20.9 Å². The van der Waals surface area contributed by atoms with Gasteiger partial charge in [-0.3, -0.25) is 9.78 Å². The zero-order valence-electron chi connectivity index (χ0n) is 18.2. The molecule has 2 aromatic heterocycles. The van der Waals surface area contributed by atoms with Gasteiger partial charge in [-0.1, -0.05) is 12.1 Å². The fraction of sp³-hybridized carbons (Fsp3) is 0.333. The third-order valence-corrected chi connectivity index (χ3v) is 6.83. The summed E-state index contributed by atoms with van der Waals surface area (Å²) in [5, 5.41) is 0. The van der Waals surface area contributed by atoms with Crippen molar-refractivity contribution in [2.75, 3.05) is 36.8 Å². The number of hydrogen-bond donors (Lipinski definition) is 2. The summed E-state index contributed by atoms with van der Waals surface area (Å²) in [6.45, 7) is 2.73. The number of carbonyl (C=O) groups is 1. The van der Waals surface area contributed by atoms with Crippen LogP contribution in [0.2, 0.25) is 0 Å². The highest BCUT2D eigenvalue weighted by Crippen LogP contribution is 2.32. The van der Waals surface area contributed by atoms with Crippen molar-refractivity contribution in [3.05, 3.63) is 42.6 Å². The smallest absolute Gasteiger partial charge is 0.292 e. The van der Waals surface area contributed by atoms with E-state index in [1.54, 1.807) is 6.20 Å². The van der Waals surface area contributed by atoms with Gasteiger partial charge in [-0.2, -0.15) is 4.98 Å². The molecule has 168 valence electrons. The van der Waals surface area contributed by atoms with Gasteiger partial charge in [0.1, 0.15) is 11.3 Å². The average Bonchev–Trinajstić information content (AvgIpc) is 3.20. The van der Waals surface area contributed by atoms with Gasteiger partial charge in [-0.15, -0.1) is 0 Å². The second-order valence-corrected chi connectivity index (χ2v) is 8.96. The predicted molar refractivity (Wildman–Crippen MR) is 127 cm³/mol. The second kappa shape index (κ2) is 7.41. The molecule has 1 saturated heterocycles. The highest BCUT2D eigenvalue weighted by atomic mass is 16.4. The Bertz CT molecular complexity index is 1370. The Morgan fingerprint density at radius 3 is 2.39 bits per heavy atom. The number of carbonyl (C=O) groups excluding carboxylic acids is 1. The first-order chi connectivity index (χ1) is 16.0. The molecule has 2 aromatic carbocycles. The zero-order chi connectivity index (χ0) is 22.6. The minimum absolute atomic E-state index is 0.0912. The van der Waals surface area contributed by atoms with Crippen molar-refractivity contribution in [1.82, 2.24) is 19.9 Å². The van der Waals surface area contributed by atoms with Crippen molar-refractivity contribution in [3.63, 3.8) is 0 Å². The first-order valence-corrected chi connectivity index (χ1v) is 11.2. The monoisotopic (exact) mass is 443 g/mol. The molecule has 1 amide bonds. The SMILES string of the molecule is Nc1nc2cc(-c3ccc4ncc(N5CCN(C(=O)C6(N)CCC6)CC5)nc4c3)ccc2o1. The summed E-state index contributed by atoms with van der Waals surface area (Å²) >= 11 is 0. The number of rotatable bonds is 3. The van der Waals surface area contributed by atoms with E-state index in [2.05, 4.69) is 14.9 Å². The third kappa shape index (κ3) is 3.45. The van der Waals surface area contributed by atoms with Crippen LogP contribution in [0.15, 0.2) is 47.0 Å². The Morgan fingerprint density at radius 2 is 1.67 bits per heavy atom. The van der Waals surface area contributed by atoms with Crippen LogP contribution in [0.25, 0.3) is 33.3 Å². The van der Waals surface area contributed by atoms with Crippen molar-refractivity contribution < 1.29 is 9.21 Å². The van der Waals surface area contributed by atoms with Crippen LogP contribution in [0.1, 0.15) is 19.3 Å². The number of nitrogens with zero attached hydrogens (tertiary/aromatic N) is 5. The van der Waals surface area contributed by atoms with Gasteiger partial charge in [0, 0.05) is 26.2 Å². The molecule has 4 N–H and O–H groups in total. The normalized spacial score (nSPS) is 18.0. The molecule has 1 aliphatic carbocycles. The van der Waals surface area contributed by atoms with Crippen molar-refractivity contribution >= 4 is 39.9 Å². The Balaban J connectivity index is 1.23. The quantitative estimate of drug-likeness (QED) is 0.494. The Labute approximate surface area is 190 Å². The zero-order valence-corrected chi connectivity index (χ0v) is 18.2. The number of nitrogens with two attached hydrogens (primary N) is 2. The number of nitrogen functional groups attached to an aromatic ring is 1. The number of anilines is 2. The summed E-state index contributed by atoms with van der Waals surface area (Å²) in [6, 6.07) is 12.0. The maximum atomic E-state index is 12.7. The molecular formula is C24H25N7O2. The van der Waals surface area contributed by atoms with Crippen LogP contribution in [-0.2, 0) is 4.79 Å². The molecule has 1 saturated carbocycles. The largest absolute Gasteiger partial charge is 0.424 e. The number of amides is 1. The summed E-state index contributed by atoms with van der Waals surface area (Å²) < 4.78 is 5.37. The number of fused-ring (bicyclic) bond motifs is 2. The third-order valence-electron chi connectivity index (χ3n) is 6.83. The molecule has 3 heterocycles. The summed E-state index contributed by atoms with van der Waals surface area (Å²) in [6.07, 6.45) is 4.43. The molecule has 2 aliphatic rings. The number of hydrogen-bond acceptors (Lipinski definition) is 8. The van der Waals surface area contributed by atoms with Crippen LogP contribution in [-0.4, -0.2) is 57.5 Å².